The molecule has 0 radical (unpaired) electrons. The molecule has 2 rings (SSSR count). The fourth-order valence-corrected chi connectivity index (χ4v) is 2.28. The Labute approximate surface area is 135 Å². The Morgan fingerprint density at radius 2 is 1.41 bits per heavy atom. The molecule has 0 bridgehead atoms. The van der Waals surface area contributed by atoms with Crippen LogP contribution in [0.4, 0.5) is 26.3 Å². The molecule has 1 N–H and O–H groups in total. The zero-order chi connectivity index (χ0) is 14.9. The van der Waals surface area contributed by atoms with E-state index in [4.69, 9.17) is 0 Å². The average molecular weight is 371 g/mol. The van der Waals surface area contributed by atoms with Gasteiger partial charge in [-0.05, 0) is 17.7 Å². The Balaban J connectivity index is 0.00000220. The van der Waals surface area contributed by atoms with E-state index in [2.05, 4.69) is 5.32 Å². The summed E-state index contributed by atoms with van der Waals surface area (Å²) in [5.41, 5.74) is -0.629. The predicted molar refractivity (Wildman–Crippen MR) is 74.1 cm³/mol. The van der Waals surface area contributed by atoms with Crippen LogP contribution in [0.5, 0.6) is 0 Å². The first-order valence-electron chi connectivity index (χ1n) is 5.96. The van der Waals surface area contributed by atoms with Crippen LogP contribution in [0.1, 0.15) is 11.6 Å². The lowest BCUT2D eigenvalue weighted by atomic mass is 10.0. The molecule has 1 atom stereocenters. The lowest BCUT2D eigenvalue weighted by molar-refractivity contribution is -0.188. The Bertz CT molecular complexity index is 468. The van der Waals surface area contributed by atoms with Gasteiger partial charge in [0.1, 0.15) is 6.04 Å². The minimum absolute atomic E-state index is 0. The molecule has 2 nitrogen and oxygen atoms in total. The van der Waals surface area contributed by atoms with Crippen molar-refractivity contribution >= 4 is 24.8 Å². The van der Waals surface area contributed by atoms with Crippen LogP contribution in [0.2, 0.25) is 0 Å². The highest BCUT2D eigenvalue weighted by molar-refractivity contribution is 5.85. The van der Waals surface area contributed by atoms with Crippen LogP contribution < -0.4 is 5.32 Å². The van der Waals surface area contributed by atoms with Crippen molar-refractivity contribution in [1.82, 2.24) is 10.2 Å². The van der Waals surface area contributed by atoms with Gasteiger partial charge in [-0.15, -0.1) is 24.8 Å². The van der Waals surface area contributed by atoms with Crippen LogP contribution in [-0.4, -0.2) is 37.3 Å². The number of benzene rings is 1. The number of nitrogens with zero attached hydrogens (tertiary/aromatic N) is 1. The van der Waals surface area contributed by atoms with E-state index in [1.807, 2.05) is 0 Å². The van der Waals surface area contributed by atoms with Gasteiger partial charge in [0.2, 0.25) is 0 Å². The van der Waals surface area contributed by atoms with Gasteiger partial charge < -0.3 is 5.32 Å². The second-order valence-corrected chi connectivity index (χ2v) is 4.53. The minimum Gasteiger partial charge on any atom is -0.314 e. The summed E-state index contributed by atoms with van der Waals surface area (Å²) >= 11 is 0. The summed E-state index contributed by atoms with van der Waals surface area (Å²) in [6.45, 7) is 0.868. The monoisotopic (exact) mass is 370 g/mol. The molecule has 1 aromatic carbocycles. The van der Waals surface area contributed by atoms with Crippen LogP contribution in [0.25, 0.3) is 0 Å². The summed E-state index contributed by atoms with van der Waals surface area (Å²) in [5, 5.41) is 2.89. The van der Waals surface area contributed by atoms with Crippen LogP contribution in [0.3, 0.4) is 0 Å². The lowest BCUT2D eigenvalue weighted by Crippen LogP contribution is -2.49. The number of rotatable bonds is 2. The Morgan fingerprint density at radius 3 is 1.82 bits per heavy atom. The zero-order valence-electron chi connectivity index (χ0n) is 11.1. The minimum atomic E-state index is -4.70. The maximum Gasteiger partial charge on any atom is 0.408 e. The number of hydrogen-bond donors (Lipinski definition) is 1. The van der Waals surface area contributed by atoms with Crippen LogP contribution in [0.15, 0.2) is 12.1 Å². The van der Waals surface area contributed by atoms with E-state index in [0.29, 0.717) is 25.2 Å². The number of hydrogen-bond acceptors (Lipinski definition) is 2. The van der Waals surface area contributed by atoms with E-state index in [9.17, 15) is 26.3 Å². The van der Waals surface area contributed by atoms with Gasteiger partial charge in [-0.25, -0.2) is 13.2 Å². The fraction of sp³-hybridized carbons (Fsp3) is 0.500. The molecule has 1 saturated heterocycles. The highest BCUT2D eigenvalue weighted by atomic mass is 35.5. The topological polar surface area (TPSA) is 15.3 Å². The smallest absolute Gasteiger partial charge is 0.314 e. The van der Waals surface area contributed by atoms with E-state index in [0.717, 1.165) is 4.90 Å². The zero-order valence-corrected chi connectivity index (χ0v) is 12.7. The summed E-state index contributed by atoms with van der Waals surface area (Å²) in [6.07, 6.45) is -4.70. The summed E-state index contributed by atoms with van der Waals surface area (Å²) in [7, 11) is 0. The normalized spacial score (nSPS) is 17.4. The molecule has 1 aliphatic rings. The second kappa shape index (κ2) is 8.24. The van der Waals surface area contributed by atoms with Gasteiger partial charge in [-0.3, -0.25) is 4.90 Å². The molecule has 1 aromatic rings. The van der Waals surface area contributed by atoms with Gasteiger partial charge >= 0.3 is 6.18 Å². The first kappa shape index (κ1) is 21.3. The molecule has 1 heterocycles. The highest BCUT2D eigenvalue weighted by Crippen LogP contribution is 2.38. The van der Waals surface area contributed by atoms with E-state index in [-0.39, 0.29) is 37.9 Å². The number of piperazine rings is 1. The Kier molecular flexibility index (Phi) is 7.97. The second-order valence-electron chi connectivity index (χ2n) is 4.53. The quantitative estimate of drug-likeness (QED) is 0.633. The van der Waals surface area contributed by atoms with Crippen LogP contribution in [-0.2, 0) is 0 Å². The van der Waals surface area contributed by atoms with Crippen molar-refractivity contribution < 1.29 is 26.3 Å². The first-order chi connectivity index (χ1) is 9.30. The maximum atomic E-state index is 13.2. The summed E-state index contributed by atoms with van der Waals surface area (Å²) in [6, 6.07) is -1.34. The molecule has 0 spiro atoms. The van der Waals surface area contributed by atoms with Gasteiger partial charge in [0.25, 0.3) is 0 Å². The van der Waals surface area contributed by atoms with Gasteiger partial charge in [-0.2, -0.15) is 13.2 Å². The summed E-state index contributed by atoms with van der Waals surface area (Å²) < 4.78 is 78.6. The fourth-order valence-electron chi connectivity index (χ4n) is 2.28. The number of nitrogens with one attached hydrogen (secondary N) is 1. The van der Waals surface area contributed by atoms with Crippen molar-refractivity contribution in [3.8, 4) is 0 Å². The average Bonchev–Trinajstić information content (AvgIpc) is 2.35. The third-order valence-electron chi connectivity index (χ3n) is 3.15. The van der Waals surface area contributed by atoms with Crippen molar-refractivity contribution in [2.45, 2.75) is 12.2 Å². The molecule has 1 aliphatic heterocycles. The molecule has 0 aliphatic carbocycles. The number of alkyl halides is 3. The Morgan fingerprint density at radius 1 is 0.955 bits per heavy atom. The largest absolute Gasteiger partial charge is 0.408 e. The molecule has 128 valence electrons. The SMILES string of the molecule is Cl.Cl.Fc1cc([C@H](N2CCNCC2)C(F)(F)F)cc(F)c1F. The first-order valence-corrected chi connectivity index (χ1v) is 5.96. The molecule has 10 heteroatoms. The molecule has 0 aromatic heterocycles. The van der Waals surface area contributed by atoms with E-state index < -0.39 is 35.2 Å². The van der Waals surface area contributed by atoms with Crippen molar-refractivity contribution in [2.75, 3.05) is 26.2 Å². The third kappa shape index (κ3) is 4.65. The molecule has 1 fully saturated rings. The Hall–Kier alpha value is -0.700. The van der Waals surface area contributed by atoms with Crippen molar-refractivity contribution in [2.24, 2.45) is 0 Å². The van der Waals surface area contributed by atoms with Gasteiger partial charge in [0.05, 0.1) is 0 Å². The van der Waals surface area contributed by atoms with E-state index in [1.165, 1.54) is 0 Å². The molecular formula is C12H14Cl2F6N2. The standard InChI is InChI=1S/C12H12F6N2.2ClH/c13-8-5-7(6-9(14)10(8)15)11(12(16,17)18)20-3-1-19-2-4-20;;/h5-6,11,19H,1-4H2;2*1H/t11-;;/m0../s1. The summed E-state index contributed by atoms with van der Waals surface area (Å²) in [5.74, 6) is -5.01. The molecule has 0 saturated carbocycles. The maximum absolute atomic E-state index is 13.2. The lowest BCUT2D eigenvalue weighted by Gasteiger charge is -2.36. The van der Waals surface area contributed by atoms with Crippen molar-refractivity contribution in [3.05, 3.63) is 35.1 Å². The molecule has 0 amide bonds. The predicted octanol–water partition coefficient (Wildman–Crippen LogP) is 3.46. The van der Waals surface area contributed by atoms with Gasteiger partial charge in [-0.1, -0.05) is 0 Å². The number of halogens is 8. The van der Waals surface area contributed by atoms with Crippen LogP contribution >= 0.6 is 24.8 Å². The van der Waals surface area contributed by atoms with E-state index >= 15 is 0 Å². The van der Waals surface area contributed by atoms with Gasteiger partial charge in [0, 0.05) is 26.2 Å². The molecular weight excluding hydrogens is 357 g/mol. The molecule has 22 heavy (non-hydrogen) atoms. The molecule has 0 unspecified atom stereocenters. The summed E-state index contributed by atoms with van der Waals surface area (Å²) in [4.78, 5) is 1.07. The van der Waals surface area contributed by atoms with Crippen LogP contribution in [0, 0.1) is 17.5 Å². The third-order valence-corrected chi connectivity index (χ3v) is 3.15. The van der Waals surface area contributed by atoms with Gasteiger partial charge in [0.15, 0.2) is 17.5 Å². The highest BCUT2D eigenvalue weighted by Gasteiger charge is 2.45. The van der Waals surface area contributed by atoms with E-state index in [1.54, 1.807) is 0 Å². The van der Waals surface area contributed by atoms with Crippen molar-refractivity contribution in [3.63, 3.8) is 0 Å². The van der Waals surface area contributed by atoms with Crippen molar-refractivity contribution in [1.29, 1.82) is 0 Å².